The number of carbonyl (C=O) groups is 1. The maximum Gasteiger partial charge on any atom is 0.237 e. The number of carbonyl (C=O) groups excluding carboxylic acids is 1. The molecular weight excluding hydrogens is 476 g/mol. The van der Waals surface area contributed by atoms with Gasteiger partial charge in [0, 0.05) is 54.4 Å². The lowest BCUT2D eigenvalue weighted by atomic mass is 9.87. The molecule has 1 fully saturated rings. The Bertz CT molecular complexity index is 1470. The zero-order valence-corrected chi connectivity index (χ0v) is 22.5. The first-order chi connectivity index (χ1) is 18.5. The molecule has 38 heavy (non-hydrogen) atoms. The largest absolute Gasteiger partial charge is 0.337 e. The van der Waals surface area contributed by atoms with Crippen LogP contribution >= 0.6 is 0 Å². The number of aromatic nitrogens is 5. The van der Waals surface area contributed by atoms with E-state index < -0.39 is 0 Å². The average Bonchev–Trinajstić information content (AvgIpc) is 3.26. The van der Waals surface area contributed by atoms with Crippen LogP contribution in [0.4, 0.5) is 11.8 Å². The molecule has 198 valence electrons. The van der Waals surface area contributed by atoms with Gasteiger partial charge < -0.3 is 14.8 Å². The number of fused-ring (bicyclic) bond motifs is 4. The molecule has 1 aliphatic carbocycles. The summed E-state index contributed by atoms with van der Waals surface area (Å²) in [5, 5.41) is 5.55. The van der Waals surface area contributed by atoms with Gasteiger partial charge in [0.05, 0.1) is 18.3 Å². The van der Waals surface area contributed by atoms with Gasteiger partial charge in [0.1, 0.15) is 11.5 Å². The topological polar surface area (TPSA) is 92.1 Å². The summed E-state index contributed by atoms with van der Waals surface area (Å²) in [7, 11) is 1.97. The number of anilines is 2. The minimum atomic E-state index is 0.168. The Morgan fingerprint density at radius 1 is 1.11 bits per heavy atom. The smallest absolute Gasteiger partial charge is 0.237 e. The summed E-state index contributed by atoms with van der Waals surface area (Å²) in [5.74, 6) is 2.22. The third-order valence-electron chi connectivity index (χ3n) is 8.28. The van der Waals surface area contributed by atoms with Crippen molar-refractivity contribution in [3.8, 4) is 0 Å². The van der Waals surface area contributed by atoms with Crippen LogP contribution in [0.1, 0.15) is 56.8 Å². The quantitative estimate of drug-likeness (QED) is 0.400. The molecule has 0 spiro atoms. The Morgan fingerprint density at radius 3 is 2.76 bits per heavy atom. The molecule has 5 heterocycles. The lowest BCUT2D eigenvalue weighted by Crippen LogP contribution is -2.41. The van der Waals surface area contributed by atoms with Gasteiger partial charge in [-0.15, -0.1) is 0 Å². The Hall–Kier alpha value is -3.59. The van der Waals surface area contributed by atoms with Crippen molar-refractivity contribution in [3.63, 3.8) is 0 Å². The highest BCUT2D eigenvalue weighted by Crippen LogP contribution is 2.38. The average molecular weight is 513 g/mol. The predicted molar refractivity (Wildman–Crippen MR) is 149 cm³/mol. The molecule has 0 radical (unpaired) electrons. The SMILES string of the molecule is CCN(C)CC(=O)N1CCc2nc(Nc3ncc4c5ccncc5n([C@H]5CC[C@H](C)CC5)c4n3)ccc2C1. The monoisotopic (exact) mass is 512 g/mol. The third kappa shape index (κ3) is 4.71. The van der Waals surface area contributed by atoms with Gasteiger partial charge in [0.2, 0.25) is 11.9 Å². The van der Waals surface area contributed by atoms with Crippen LogP contribution in [0.5, 0.6) is 0 Å². The molecule has 4 aromatic rings. The summed E-state index contributed by atoms with van der Waals surface area (Å²) in [4.78, 5) is 35.5. The number of likely N-dealkylation sites (N-methyl/N-ethyl adjacent to an activating group) is 1. The van der Waals surface area contributed by atoms with Gasteiger partial charge >= 0.3 is 0 Å². The first kappa shape index (κ1) is 24.7. The van der Waals surface area contributed by atoms with Gasteiger partial charge in [-0.05, 0) is 62.9 Å². The van der Waals surface area contributed by atoms with Crippen molar-refractivity contribution in [1.82, 2.24) is 34.3 Å². The molecular formula is C29H36N8O. The van der Waals surface area contributed by atoms with E-state index in [1.54, 1.807) is 0 Å². The molecule has 9 nitrogen and oxygen atoms in total. The zero-order chi connectivity index (χ0) is 26.2. The molecule has 0 aromatic carbocycles. The summed E-state index contributed by atoms with van der Waals surface area (Å²) < 4.78 is 2.39. The summed E-state index contributed by atoms with van der Waals surface area (Å²) in [6.07, 6.45) is 11.2. The van der Waals surface area contributed by atoms with E-state index in [1.165, 1.54) is 12.8 Å². The van der Waals surface area contributed by atoms with E-state index in [2.05, 4.69) is 45.8 Å². The number of hydrogen-bond acceptors (Lipinski definition) is 7. The van der Waals surface area contributed by atoms with Crippen molar-refractivity contribution in [2.24, 2.45) is 5.92 Å². The summed E-state index contributed by atoms with van der Waals surface area (Å²) in [6.45, 7) is 7.02. The molecule has 0 saturated heterocycles. The van der Waals surface area contributed by atoms with Crippen LogP contribution in [0.15, 0.2) is 36.8 Å². The molecule has 2 aliphatic rings. The van der Waals surface area contributed by atoms with E-state index in [-0.39, 0.29) is 5.91 Å². The van der Waals surface area contributed by atoms with Crippen molar-refractivity contribution >= 4 is 39.6 Å². The van der Waals surface area contributed by atoms with E-state index in [0.717, 1.165) is 70.7 Å². The Morgan fingerprint density at radius 2 is 1.95 bits per heavy atom. The van der Waals surface area contributed by atoms with Crippen LogP contribution in [0.3, 0.4) is 0 Å². The molecule has 9 heteroatoms. The zero-order valence-electron chi connectivity index (χ0n) is 22.5. The van der Waals surface area contributed by atoms with Crippen LogP contribution in [-0.4, -0.2) is 66.9 Å². The van der Waals surface area contributed by atoms with Crippen molar-refractivity contribution < 1.29 is 4.79 Å². The number of amides is 1. The highest BCUT2D eigenvalue weighted by Gasteiger charge is 2.25. The summed E-state index contributed by atoms with van der Waals surface area (Å²) >= 11 is 0. The molecule has 1 saturated carbocycles. The normalized spacial score (nSPS) is 19.7. The van der Waals surface area contributed by atoms with Gasteiger partial charge in [-0.3, -0.25) is 14.7 Å². The summed E-state index contributed by atoms with van der Waals surface area (Å²) in [5.41, 5.74) is 4.21. The van der Waals surface area contributed by atoms with Gasteiger partial charge in [0.15, 0.2) is 0 Å². The number of nitrogens with one attached hydrogen (secondary N) is 1. The fraction of sp³-hybridized carbons (Fsp3) is 0.483. The minimum Gasteiger partial charge on any atom is -0.337 e. The number of pyridine rings is 2. The van der Waals surface area contributed by atoms with Crippen LogP contribution < -0.4 is 5.32 Å². The first-order valence-electron chi connectivity index (χ1n) is 13.8. The summed E-state index contributed by atoms with van der Waals surface area (Å²) in [6, 6.07) is 6.51. The Labute approximate surface area is 223 Å². The molecule has 0 atom stereocenters. The second kappa shape index (κ2) is 10.3. The van der Waals surface area contributed by atoms with E-state index in [1.807, 2.05) is 41.5 Å². The number of hydrogen-bond donors (Lipinski definition) is 1. The van der Waals surface area contributed by atoms with E-state index in [4.69, 9.17) is 9.97 Å². The number of nitrogens with zero attached hydrogens (tertiary/aromatic N) is 7. The fourth-order valence-electron chi connectivity index (χ4n) is 5.85. The van der Waals surface area contributed by atoms with Crippen molar-refractivity contribution in [3.05, 3.63) is 48.0 Å². The van der Waals surface area contributed by atoms with E-state index in [0.29, 0.717) is 31.6 Å². The molecule has 0 unspecified atom stereocenters. The molecule has 4 aromatic heterocycles. The van der Waals surface area contributed by atoms with Crippen LogP contribution in [0.2, 0.25) is 0 Å². The van der Waals surface area contributed by atoms with Gasteiger partial charge in [-0.1, -0.05) is 19.9 Å². The predicted octanol–water partition coefficient (Wildman–Crippen LogP) is 4.71. The lowest BCUT2D eigenvalue weighted by molar-refractivity contribution is -0.133. The third-order valence-corrected chi connectivity index (χ3v) is 8.28. The fourth-order valence-corrected chi connectivity index (χ4v) is 5.85. The van der Waals surface area contributed by atoms with Gasteiger partial charge in [-0.2, -0.15) is 4.98 Å². The second-order valence-corrected chi connectivity index (χ2v) is 10.9. The molecule has 1 aliphatic heterocycles. The van der Waals surface area contributed by atoms with Gasteiger partial charge in [0.25, 0.3) is 0 Å². The van der Waals surface area contributed by atoms with Crippen LogP contribution in [0, 0.1) is 5.92 Å². The number of rotatable bonds is 6. The maximum atomic E-state index is 12.6. The van der Waals surface area contributed by atoms with Crippen LogP contribution in [-0.2, 0) is 17.8 Å². The Kier molecular flexibility index (Phi) is 6.69. The Balaban J connectivity index is 1.26. The van der Waals surface area contributed by atoms with Crippen molar-refractivity contribution in [2.45, 2.75) is 58.5 Å². The standard InChI is InChI=1S/C29H36N8O/c1-4-35(3)18-27(38)36-14-12-24-20(17-36)7-10-26(32-24)33-29-31-15-23-22-11-13-30-16-25(22)37(28(23)34-29)21-8-5-19(2)6-9-21/h7,10-11,13,15-16,19,21H,4-6,8-9,12,14,17-18H2,1-3H3,(H,31,32,33,34)/t19-,21-. The first-order valence-corrected chi connectivity index (χ1v) is 13.8. The highest BCUT2D eigenvalue weighted by molar-refractivity contribution is 6.06. The lowest BCUT2D eigenvalue weighted by Gasteiger charge is -2.30. The van der Waals surface area contributed by atoms with Crippen LogP contribution in [0.25, 0.3) is 21.9 Å². The van der Waals surface area contributed by atoms with Crippen molar-refractivity contribution in [2.75, 3.05) is 32.0 Å². The minimum absolute atomic E-state index is 0.168. The second-order valence-electron chi connectivity index (χ2n) is 10.9. The molecule has 0 bridgehead atoms. The highest BCUT2D eigenvalue weighted by atomic mass is 16.2. The van der Waals surface area contributed by atoms with Gasteiger partial charge in [-0.25, -0.2) is 9.97 Å². The van der Waals surface area contributed by atoms with E-state index in [9.17, 15) is 4.79 Å². The molecule has 1 N–H and O–H groups in total. The molecule has 6 rings (SSSR count). The molecule has 1 amide bonds. The van der Waals surface area contributed by atoms with E-state index >= 15 is 0 Å². The van der Waals surface area contributed by atoms with Crippen molar-refractivity contribution in [1.29, 1.82) is 0 Å². The maximum absolute atomic E-state index is 12.6.